The molecule has 0 heterocycles. The lowest BCUT2D eigenvalue weighted by Crippen LogP contribution is -2.32. The topological polar surface area (TPSA) is 15.3 Å². The van der Waals surface area contributed by atoms with E-state index in [9.17, 15) is 0 Å². The molecule has 1 aromatic carbocycles. The second-order valence-corrected chi connectivity index (χ2v) is 7.93. The van der Waals surface area contributed by atoms with Crippen LogP contribution in [0.25, 0.3) is 0 Å². The summed E-state index contributed by atoms with van der Waals surface area (Å²) in [5, 5.41) is 3.73. The Hall–Kier alpha value is -1.44. The van der Waals surface area contributed by atoms with Crippen LogP contribution in [0.4, 0.5) is 11.4 Å². The van der Waals surface area contributed by atoms with Crippen LogP contribution >= 0.6 is 0 Å². The van der Waals surface area contributed by atoms with Gasteiger partial charge in [0.05, 0.1) is 0 Å². The second-order valence-electron chi connectivity index (χ2n) is 7.93. The van der Waals surface area contributed by atoms with Gasteiger partial charge in [-0.25, -0.2) is 0 Å². The van der Waals surface area contributed by atoms with E-state index in [1.54, 1.807) is 0 Å². The highest BCUT2D eigenvalue weighted by Crippen LogP contribution is 2.30. The molecule has 0 saturated heterocycles. The first kappa shape index (κ1) is 17.4. The van der Waals surface area contributed by atoms with Crippen molar-refractivity contribution in [2.45, 2.75) is 90.1 Å². The number of nitrogens with zero attached hydrogens (tertiary/aromatic N) is 1. The summed E-state index contributed by atoms with van der Waals surface area (Å²) in [5.41, 5.74) is 4.01. The first-order chi connectivity index (χ1) is 11.7. The van der Waals surface area contributed by atoms with E-state index in [4.69, 9.17) is 0 Å². The van der Waals surface area contributed by atoms with Gasteiger partial charge in [0.1, 0.15) is 0 Å². The van der Waals surface area contributed by atoms with Crippen LogP contribution in [0.15, 0.2) is 36.0 Å². The first-order valence-electron chi connectivity index (χ1n) is 10.0. The summed E-state index contributed by atoms with van der Waals surface area (Å²) < 4.78 is 0. The fourth-order valence-corrected chi connectivity index (χ4v) is 4.24. The fraction of sp³-hybridized carbons (Fsp3) is 0.636. The highest BCUT2D eigenvalue weighted by molar-refractivity contribution is 5.57. The van der Waals surface area contributed by atoms with E-state index in [1.807, 2.05) is 0 Å². The third kappa shape index (κ3) is 4.78. The molecule has 2 aliphatic carbocycles. The molecule has 132 valence electrons. The molecule has 2 aliphatic rings. The van der Waals surface area contributed by atoms with Crippen LogP contribution in [0, 0.1) is 0 Å². The summed E-state index contributed by atoms with van der Waals surface area (Å²) in [7, 11) is 0. The predicted octanol–water partition coefficient (Wildman–Crippen LogP) is 6.49. The predicted molar refractivity (Wildman–Crippen MR) is 106 cm³/mol. The van der Waals surface area contributed by atoms with Crippen molar-refractivity contribution in [3.05, 3.63) is 36.0 Å². The van der Waals surface area contributed by atoms with Crippen molar-refractivity contribution in [1.29, 1.82) is 0 Å². The Kier molecular flexibility index (Phi) is 6.23. The molecule has 0 spiro atoms. The van der Waals surface area contributed by atoms with E-state index in [-0.39, 0.29) is 0 Å². The van der Waals surface area contributed by atoms with Crippen LogP contribution < -0.4 is 10.2 Å². The molecule has 1 aromatic rings. The van der Waals surface area contributed by atoms with Gasteiger partial charge in [0.2, 0.25) is 0 Å². The third-order valence-corrected chi connectivity index (χ3v) is 5.51. The zero-order chi connectivity index (χ0) is 16.8. The van der Waals surface area contributed by atoms with Crippen LogP contribution in [0.2, 0.25) is 0 Å². The molecule has 0 radical (unpaired) electrons. The van der Waals surface area contributed by atoms with E-state index in [2.05, 4.69) is 54.5 Å². The van der Waals surface area contributed by atoms with Crippen LogP contribution in [0.5, 0.6) is 0 Å². The van der Waals surface area contributed by atoms with Crippen LogP contribution in [-0.2, 0) is 0 Å². The van der Waals surface area contributed by atoms with Crippen molar-refractivity contribution in [3.63, 3.8) is 0 Å². The summed E-state index contributed by atoms with van der Waals surface area (Å²) >= 11 is 0. The zero-order valence-electron chi connectivity index (χ0n) is 15.6. The average Bonchev–Trinajstić information content (AvgIpc) is 2.62. The summed E-state index contributed by atoms with van der Waals surface area (Å²) in [6.45, 7) is 4.41. The van der Waals surface area contributed by atoms with E-state index in [0.717, 1.165) is 0 Å². The van der Waals surface area contributed by atoms with Gasteiger partial charge in [0, 0.05) is 29.7 Å². The van der Waals surface area contributed by atoms with Gasteiger partial charge in [-0.3, -0.25) is 0 Å². The molecule has 24 heavy (non-hydrogen) atoms. The molecule has 0 aliphatic heterocycles. The first-order valence-corrected chi connectivity index (χ1v) is 10.0. The molecule has 2 saturated carbocycles. The molecule has 2 heteroatoms. The number of hydrogen-bond acceptors (Lipinski definition) is 2. The average molecular weight is 327 g/mol. The van der Waals surface area contributed by atoms with Gasteiger partial charge in [0.15, 0.2) is 0 Å². The van der Waals surface area contributed by atoms with Crippen LogP contribution in [0.1, 0.15) is 78.1 Å². The Morgan fingerprint density at radius 3 is 2.04 bits per heavy atom. The minimum atomic E-state index is 0.672. The van der Waals surface area contributed by atoms with Crippen molar-refractivity contribution in [1.82, 2.24) is 0 Å². The van der Waals surface area contributed by atoms with Crippen LogP contribution in [-0.4, -0.2) is 12.1 Å². The maximum absolute atomic E-state index is 3.73. The van der Waals surface area contributed by atoms with E-state index >= 15 is 0 Å². The lowest BCUT2D eigenvalue weighted by Gasteiger charge is -2.34. The van der Waals surface area contributed by atoms with Gasteiger partial charge >= 0.3 is 0 Å². The minimum absolute atomic E-state index is 0.672. The number of hydrogen-bond donors (Lipinski definition) is 1. The molecule has 0 atom stereocenters. The highest BCUT2D eigenvalue weighted by atomic mass is 15.1. The SMILES string of the molecule is CC(C)=CN(c1ccc(NC2CCCCC2)cc1)C1CCCCC1. The lowest BCUT2D eigenvalue weighted by atomic mass is 9.93. The van der Waals surface area contributed by atoms with Gasteiger partial charge < -0.3 is 10.2 Å². The molecule has 3 rings (SSSR count). The van der Waals surface area contributed by atoms with Gasteiger partial charge in [-0.05, 0) is 63.8 Å². The molecule has 0 unspecified atom stereocenters. The lowest BCUT2D eigenvalue weighted by molar-refractivity contribution is 0.433. The standard InChI is InChI=1S/C22H34N2/c1-18(2)17-24(21-11-7-4-8-12-21)22-15-13-20(14-16-22)23-19-9-5-3-6-10-19/h13-17,19,21,23H,3-12H2,1-2H3. The van der Waals surface area contributed by atoms with E-state index in [1.165, 1.54) is 81.2 Å². The third-order valence-electron chi connectivity index (χ3n) is 5.51. The van der Waals surface area contributed by atoms with Crippen LogP contribution in [0.3, 0.4) is 0 Å². The molecule has 2 fully saturated rings. The number of allylic oxidation sites excluding steroid dienone is 1. The summed E-state index contributed by atoms with van der Waals surface area (Å²) in [5.74, 6) is 0. The molecular weight excluding hydrogens is 292 g/mol. The Morgan fingerprint density at radius 2 is 1.46 bits per heavy atom. The number of nitrogens with one attached hydrogen (secondary N) is 1. The molecular formula is C22H34N2. The minimum Gasteiger partial charge on any atom is -0.382 e. The fourth-order valence-electron chi connectivity index (χ4n) is 4.24. The van der Waals surface area contributed by atoms with Gasteiger partial charge in [-0.1, -0.05) is 44.1 Å². The maximum atomic E-state index is 3.73. The normalized spacial score (nSPS) is 19.8. The zero-order valence-corrected chi connectivity index (χ0v) is 15.6. The van der Waals surface area contributed by atoms with Crippen molar-refractivity contribution in [2.24, 2.45) is 0 Å². The van der Waals surface area contributed by atoms with Crippen molar-refractivity contribution >= 4 is 11.4 Å². The van der Waals surface area contributed by atoms with Crippen molar-refractivity contribution < 1.29 is 0 Å². The molecule has 0 aromatic heterocycles. The van der Waals surface area contributed by atoms with Gasteiger partial charge in [-0.15, -0.1) is 0 Å². The summed E-state index contributed by atoms with van der Waals surface area (Å²) in [6, 6.07) is 10.5. The van der Waals surface area contributed by atoms with Gasteiger partial charge in [0.25, 0.3) is 0 Å². The number of benzene rings is 1. The summed E-state index contributed by atoms with van der Waals surface area (Å²) in [4.78, 5) is 2.53. The highest BCUT2D eigenvalue weighted by Gasteiger charge is 2.20. The Balaban J connectivity index is 1.69. The van der Waals surface area contributed by atoms with Crippen molar-refractivity contribution in [3.8, 4) is 0 Å². The largest absolute Gasteiger partial charge is 0.382 e. The molecule has 1 N–H and O–H groups in total. The van der Waals surface area contributed by atoms with E-state index in [0.29, 0.717) is 12.1 Å². The Bertz CT molecular complexity index is 515. The molecule has 0 bridgehead atoms. The Labute approximate surface area is 148 Å². The molecule has 2 nitrogen and oxygen atoms in total. The molecule has 0 amide bonds. The summed E-state index contributed by atoms with van der Waals surface area (Å²) in [6.07, 6.45) is 16.0. The monoisotopic (exact) mass is 326 g/mol. The Morgan fingerprint density at radius 1 is 0.875 bits per heavy atom. The second kappa shape index (κ2) is 8.60. The smallest absolute Gasteiger partial charge is 0.0410 e. The van der Waals surface area contributed by atoms with Crippen molar-refractivity contribution in [2.75, 3.05) is 10.2 Å². The quantitative estimate of drug-likeness (QED) is 0.665. The number of anilines is 2. The van der Waals surface area contributed by atoms with Gasteiger partial charge in [-0.2, -0.15) is 0 Å². The number of rotatable bonds is 5. The maximum Gasteiger partial charge on any atom is 0.0410 e. The van der Waals surface area contributed by atoms with E-state index < -0.39 is 0 Å².